The molecule has 4 aliphatic carbocycles. The Balaban J connectivity index is 1.32. The van der Waals surface area contributed by atoms with E-state index in [2.05, 4.69) is 5.32 Å². The topological polar surface area (TPSA) is 71.0 Å². The summed E-state index contributed by atoms with van der Waals surface area (Å²) in [5.74, 6) is -0.921. The zero-order valence-corrected chi connectivity index (χ0v) is 22.3. The van der Waals surface area contributed by atoms with Gasteiger partial charge in [-0.2, -0.15) is 0 Å². The molecule has 2 N–H and O–H groups in total. The molecule has 1 aromatic rings. The highest BCUT2D eigenvalue weighted by Crippen LogP contribution is 2.48. The van der Waals surface area contributed by atoms with Crippen LogP contribution in [0, 0.1) is 52.8 Å². The number of hydrogen-bond donors (Lipinski definition) is 2. The summed E-state index contributed by atoms with van der Waals surface area (Å²) in [5.41, 5.74) is 0.0305. The predicted octanol–water partition coefficient (Wildman–Crippen LogP) is 6.28. The number of nitrogens with one attached hydrogen (secondary N) is 2. The molecule has 4 saturated carbocycles. The van der Waals surface area contributed by atoms with Crippen LogP contribution in [0.1, 0.15) is 77.6 Å². The number of rotatable bonds is 8. The van der Waals surface area contributed by atoms with Gasteiger partial charge in [-0.05, 0) is 106 Å². The quantitative estimate of drug-likeness (QED) is 0.380. The molecule has 5 nitrogen and oxygen atoms in total. The highest BCUT2D eigenvalue weighted by molar-refractivity contribution is 5.79. The molecule has 10 atom stereocenters. The van der Waals surface area contributed by atoms with Crippen molar-refractivity contribution in [2.45, 2.75) is 109 Å². The Morgan fingerprint density at radius 1 is 1.05 bits per heavy atom. The van der Waals surface area contributed by atoms with Crippen molar-refractivity contribution in [1.82, 2.24) is 9.88 Å². The zero-order chi connectivity index (χ0) is 27.0. The smallest absolute Gasteiger partial charge is 0.293 e. The molecule has 0 spiro atoms. The third kappa shape index (κ3) is 6.33. The van der Waals surface area contributed by atoms with Crippen LogP contribution < -0.4 is 11.0 Å². The van der Waals surface area contributed by atoms with Gasteiger partial charge in [0.1, 0.15) is 18.6 Å². The summed E-state index contributed by atoms with van der Waals surface area (Å²) in [7, 11) is 0. The molecule has 1 amide bonds. The van der Waals surface area contributed by atoms with E-state index < -0.39 is 24.7 Å². The fraction of sp³-hybridized carbons (Fsp3) is 0.862. The fourth-order valence-electron chi connectivity index (χ4n) is 8.06. The lowest BCUT2D eigenvalue weighted by atomic mass is 9.63. The van der Waals surface area contributed by atoms with Gasteiger partial charge in [-0.15, -0.1) is 0 Å². The summed E-state index contributed by atoms with van der Waals surface area (Å²) in [4.78, 5) is 13.8. The molecule has 4 fully saturated rings. The van der Waals surface area contributed by atoms with Gasteiger partial charge in [-0.25, -0.2) is 17.6 Å². The summed E-state index contributed by atoms with van der Waals surface area (Å²) >= 11 is 0. The van der Waals surface area contributed by atoms with Crippen molar-refractivity contribution < 1.29 is 26.8 Å². The zero-order valence-electron chi connectivity index (χ0n) is 22.3. The second-order valence-corrected chi connectivity index (χ2v) is 12.9. The maximum atomic E-state index is 14.2. The van der Waals surface area contributed by atoms with E-state index in [1.807, 2.05) is 6.92 Å². The molecule has 5 rings (SSSR count). The summed E-state index contributed by atoms with van der Waals surface area (Å²) in [6, 6.07) is 0.0511. The van der Waals surface area contributed by atoms with Crippen molar-refractivity contribution in [3.05, 3.63) is 18.1 Å². The molecular formula is C29H43F4N3O2. The average molecular weight is 542 g/mol. The van der Waals surface area contributed by atoms with Crippen LogP contribution in [0.15, 0.2) is 16.9 Å². The van der Waals surface area contributed by atoms with Crippen molar-refractivity contribution >= 4 is 5.91 Å². The first-order valence-electron chi connectivity index (χ1n) is 14.7. The Hall–Kier alpha value is -1.80. The molecule has 214 valence electrons. The lowest BCUT2D eigenvalue weighted by molar-refractivity contribution is -0.130. The van der Waals surface area contributed by atoms with Crippen molar-refractivity contribution in [3.8, 4) is 0 Å². The molecule has 1 heterocycles. The van der Waals surface area contributed by atoms with Crippen LogP contribution in [0.2, 0.25) is 0 Å². The fourth-order valence-corrected chi connectivity index (χ4v) is 8.06. The minimum Gasteiger partial charge on any atom is -0.432 e. The number of carbonyl (C=O) groups is 1. The van der Waals surface area contributed by atoms with Gasteiger partial charge in [-0.1, -0.05) is 6.92 Å². The molecule has 4 aliphatic rings. The van der Waals surface area contributed by atoms with Gasteiger partial charge in [0.2, 0.25) is 12.3 Å². The lowest BCUT2D eigenvalue weighted by Crippen LogP contribution is -2.49. The normalized spacial score (nSPS) is 39.2. The average Bonchev–Trinajstić information content (AvgIpc) is 3.66. The first-order valence-corrected chi connectivity index (χ1v) is 14.7. The molecule has 38 heavy (non-hydrogen) atoms. The van der Waals surface area contributed by atoms with E-state index in [1.165, 1.54) is 6.26 Å². The summed E-state index contributed by atoms with van der Waals surface area (Å²) in [5, 5.41) is 11.4. The minimum atomic E-state index is -2.57. The van der Waals surface area contributed by atoms with E-state index in [-0.39, 0.29) is 59.6 Å². The van der Waals surface area contributed by atoms with E-state index in [4.69, 9.17) is 9.83 Å². The molecular weight excluding hydrogens is 498 g/mol. The number of nitrogens with zero attached hydrogens (tertiary/aromatic N) is 1. The number of oxazole rings is 1. The van der Waals surface area contributed by atoms with Crippen LogP contribution in [0.3, 0.4) is 0 Å². The van der Waals surface area contributed by atoms with E-state index in [1.54, 1.807) is 10.8 Å². The highest BCUT2D eigenvalue weighted by atomic mass is 19.3. The molecule has 0 bridgehead atoms. The highest BCUT2D eigenvalue weighted by Gasteiger charge is 2.46. The molecule has 9 unspecified atom stereocenters. The molecule has 0 radical (unpaired) electrons. The molecule has 1 aromatic heterocycles. The van der Waals surface area contributed by atoms with Gasteiger partial charge in [0, 0.05) is 30.6 Å². The summed E-state index contributed by atoms with van der Waals surface area (Å²) in [6.07, 6.45) is 5.39. The van der Waals surface area contributed by atoms with Gasteiger partial charge < -0.3 is 9.73 Å². The number of halogens is 4. The Kier molecular flexibility index (Phi) is 8.58. The van der Waals surface area contributed by atoms with Crippen molar-refractivity contribution in [2.24, 2.45) is 47.3 Å². The molecule has 0 saturated heterocycles. The van der Waals surface area contributed by atoms with E-state index in [9.17, 15) is 22.4 Å². The Morgan fingerprint density at radius 3 is 2.47 bits per heavy atom. The van der Waals surface area contributed by atoms with Crippen LogP contribution >= 0.6 is 0 Å². The summed E-state index contributed by atoms with van der Waals surface area (Å²) < 4.78 is 63.2. The van der Waals surface area contributed by atoms with Gasteiger partial charge in [0.25, 0.3) is 5.68 Å². The Bertz CT molecular complexity index is 994. The van der Waals surface area contributed by atoms with Crippen LogP contribution in [0.25, 0.3) is 0 Å². The first kappa shape index (κ1) is 27.8. The van der Waals surface area contributed by atoms with Gasteiger partial charge in [0.05, 0.1) is 0 Å². The molecule has 9 heteroatoms. The number of aromatic nitrogens is 1. The van der Waals surface area contributed by atoms with E-state index in [0.29, 0.717) is 51.0 Å². The summed E-state index contributed by atoms with van der Waals surface area (Å²) in [6.45, 7) is 2.45. The van der Waals surface area contributed by atoms with Crippen molar-refractivity contribution in [3.63, 3.8) is 0 Å². The third-order valence-corrected chi connectivity index (χ3v) is 10.2. The van der Waals surface area contributed by atoms with E-state index in [0.717, 1.165) is 25.7 Å². The minimum absolute atomic E-state index is 0.00157. The van der Waals surface area contributed by atoms with Gasteiger partial charge >= 0.3 is 0 Å². The van der Waals surface area contributed by atoms with E-state index >= 15 is 0 Å². The van der Waals surface area contributed by atoms with Crippen molar-refractivity contribution in [2.75, 3.05) is 0 Å². The lowest BCUT2D eigenvalue weighted by Gasteiger charge is -2.44. The number of carbonyl (C=O) groups excluding carboxylic acids is 1. The SMILES string of the molecule is CC1CC([C@@H](NC(=O)C2CC(Cn3ccoc3=N)CC(C3CCC(F)CC3C(F)F)C2)C2CC2)CCC1F. The standard InChI is InChI=1S/C29H43F4N3O2/c1-16-10-19(4-7-25(16)31)26(18-2-3-18)35-28(37)21-12-17(15-36-8-9-38-29(36)34)11-20(13-21)23-6-5-22(30)14-24(23)27(32)33/h8-9,16-27,34H,2-7,10-15H2,1H3,(H,35,37)/t16?,17?,19?,20?,21?,22?,23?,24?,25?,26-/m0/s1. The third-order valence-electron chi connectivity index (χ3n) is 10.2. The number of alkyl halides is 4. The Morgan fingerprint density at radius 2 is 1.82 bits per heavy atom. The van der Waals surface area contributed by atoms with Crippen LogP contribution in [0.4, 0.5) is 17.6 Å². The maximum absolute atomic E-state index is 14.2. The van der Waals surface area contributed by atoms with Crippen molar-refractivity contribution in [1.29, 1.82) is 5.41 Å². The Labute approximate surface area is 222 Å². The van der Waals surface area contributed by atoms with Crippen LogP contribution in [-0.4, -0.2) is 35.3 Å². The van der Waals surface area contributed by atoms with Gasteiger partial charge in [-0.3, -0.25) is 14.8 Å². The van der Waals surface area contributed by atoms with Crippen LogP contribution in [0.5, 0.6) is 0 Å². The second kappa shape index (κ2) is 11.7. The second-order valence-electron chi connectivity index (χ2n) is 12.9. The predicted molar refractivity (Wildman–Crippen MR) is 135 cm³/mol. The van der Waals surface area contributed by atoms with Crippen LogP contribution in [-0.2, 0) is 11.3 Å². The molecule has 0 aliphatic heterocycles. The maximum Gasteiger partial charge on any atom is 0.293 e. The number of amides is 1. The number of hydrogen-bond acceptors (Lipinski definition) is 3. The molecule has 0 aromatic carbocycles. The monoisotopic (exact) mass is 541 g/mol. The largest absolute Gasteiger partial charge is 0.432 e. The first-order chi connectivity index (χ1) is 18.2. The van der Waals surface area contributed by atoms with Gasteiger partial charge in [0.15, 0.2) is 0 Å².